The van der Waals surface area contributed by atoms with Crippen molar-refractivity contribution in [3.63, 3.8) is 0 Å². The van der Waals surface area contributed by atoms with E-state index in [2.05, 4.69) is 5.32 Å². The van der Waals surface area contributed by atoms with Crippen LogP contribution < -0.4 is 19.5 Å². The van der Waals surface area contributed by atoms with Crippen molar-refractivity contribution in [2.45, 2.75) is 13.0 Å². The number of hydrogen-bond acceptors (Lipinski definition) is 5. The normalized spacial score (nSPS) is 12.0. The fraction of sp³-hybridized carbons (Fsp3) is 0.278. The zero-order chi connectivity index (χ0) is 17.5. The smallest absolute Gasteiger partial charge is 0.244 e. The third-order valence-electron chi connectivity index (χ3n) is 3.44. The molecular formula is C18H21NO5. The first kappa shape index (κ1) is 17.5. The number of furan rings is 1. The molecule has 1 amide bonds. The molecule has 24 heavy (non-hydrogen) atoms. The van der Waals surface area contributed by atoms with Gasteiger partial charge >= 0.3 is 0 Å². The zero-order valence-corrected chi connectivity index (χ0v) is 14.2. The summed E-state index contributed by atoms with van der Waals surface area (Å²) in [6.07, 6.45) is 4.69. The van der Waals surface area contributed by atoms with Gasteiger partial charge in [-0.05, 0) is 42.8 Å². The lowest BCUT2D eigenvalue weighted by atomic mass is 10.1. The topological polar surface area (TPSA) is 69.9 Å². The third kappa shape index (κ3) is 4.10. The van der Waals surface area contributed by atoms with Crippen LogP contribution in [0.2, 0.25) is 0 Å². The zero-order valence-electron chi connectivity index (χ0n) is 14.2. The molecule has 2 aromatic rings. The van der Waals surface area contributed by atoms with Gasteiger partial charge < -0.3 is 23.9 Å². The number of carbonyl (C=O) groups excluding carboxylic acids is 1. The van der Waals surface area contributed by atoms with E-state index in [1.807, 2.05) is 13.0 Å². The summed E-state index contributed by atoms with van der Waals surface area (Å²) in [5, 5.41) is 2.83. The largest absolute Gasteiger partial charge is 0.493 e. The van der Waals surface area contributed by atoms with Crippen LogP contribution in [-0.2, 0) is 4.79 Å². The minimum absolute atomic E-state index is 0.211. The lowest BCUT2D eigenvalue weighted by molar-refractivity contribution is -0.117. The van der Waals surface area contributed by atoms with E-state index in [4.69, 9.17) is 18.6 Å². The Labute approximate surface area is 141 Å². The second kappa shape index (κ2) is 8.10. The van der Waals surface area contributed by atoms with Crippen molar-refractivity contribution in [3.8, 4) is 17.2 Å². The maximum atomic E-state index is 12.0. The van der Waals surface area contributed by atoms with Crippen LogP contribution in [0.25, 0.3) is 6.08 Å². The Morgan fingerprint density at radius 2 is 1.83 bits per heavy atom. The summed E-state index contributed by atoms with van der Waals surface area (Å²) in [4.78, 5) is 12.0. The van der Waals surface area contributed by atoms with Gasteiger partial charge in [-0.1, -0.05) is 0 Å². The molecular weight excluding hydrogens is 310 g/mol. The van der Waals surface area contributed by atoms with E-state index in [1.54, 1.807) is 51.9 Å². The predicted octanol–water partition coefficient (Wildman–Crippen LogP) is 3.20. The molecule has 0 aliphatic rings. The second-order valence-corrected chi connectivity index (χ2v) is 5.04. The van der Waals surface area contributed by atoms with Gasteiger partial charge in [0.15, 0.2) is 11.5 Å². The first-order chi connectivity index (χ1) is 11.6. The van der Waals surface area contributed by atoms with Crippen LogP contribution in [0.1, 0.15) is 24.3 Å². The first-order valence-corrected chi connectivity index (χ1v) is 7.41. The fourth-order valence-corrected chi connectivity index (χ4v) is 2.24. The van der Waals surface area contributed by atoms with E-state index in [9.17, 15) is 4.79 Å². The van der Waals surface area contributed by atoms with E-state index < -0.39 is 0 Å². The van der Waals surface area contributed by atoms with Crippen LogP contribution >= 0.6 is 0 Å². The molecule has 1 atom stereocenters. The maximum Gasteiger partial charge on any atom is 0.244 e. The summed E-state index contributed by atoms with van der Waals surface area (Å²) in [5.74, 6) is 2.03. The molecule has 1 N–H and O–H groups in total. The molecule has 0 fully saturated rings. The first-order valence-electron chi connectivity index (χ1n) is 7.41. The Morgan fingerprint density at radius 1 is 1.17 bits per heavy atom. The van der Waals surface area contributed by atoms with Crippen LogP contribution in [0.3, 0.4) is 0 Å². The van der Waals surface area contributed by atoms with Gasteiger partial charge in [0.05, 0.1) is 33.6 Å². The average molecular weight is 331 g/mol. The molecule has 0 radical (unpaired) electrons. The van der Waals surface area contributed by atoms with Crippen molar-refractivity contribution < 1.29 is 23.4 Å². The molecule has 1 aromatic carbocycles. The monoisotopic (exact) mass is 331 g/mol. The minimum atomic E-state index is -0.229. The number of rotatable bonds is 7. The van der Waals surface area contributed by atoms with Crippen molar-refractivity contribution >= 4 is 12.0 Å². The van der Waals surface area contributed by atoms with Gasteiger partial charge in [0.2, 0.25) is 11.7 Å². The lowest BCUT2D eigenvalue weighted by Gasteiger charge is -2.13. The highest BCUT2D eigenvalue weighted by molar-refractivity contribution is 5.92. The number of nitrogens with one attached hydrogen (secondary N) is 1. The van der Waals surface area contributed by atoms with Gasteiger partial charge in [0, 0.05) is 6.08 Å². The molecule has 1 aromatic heterocycles. The highest BCUT2D eigenvalue weighted by atomic mass is 16.5. The molecule has 0 saturated heterocycles. The van der Waals surface area contributed by atoms with Crippen LogP contribution in [0.5, 0.6) is 17.2 Å². The average Bonchev–Trinajstić information content (AvgIpc) is 3.13. The molecule has 0 saturated carbocycles. The fourth-order valence-electron chi connectivity index (χ4n) is 2.24. The van der Waals surface area contributed by atoms with E-state index in [0.717, 1.165) is 5.56 Å². The molecule has 1 unspecified atom stereocenters. The minimum Gasteiger partial charge on any atom is -0.493 e. The van der Waals surface area contributed by atoms with Crippen molar-refractivity contribution in [2.24, 2.45) is 0 Å². The molecule has 0 spiro atoms. The van der Waals surface area contributed by atoms with Gasteiger partial charge in [-0.15, -0.1) is 0 Å². The van der Waals surface area contributed by atoms with Crippen molar-refractivity contribution in [1.29, 1.82) is 0 Å². The van der Waals surface area contributed by atoms with Gasteiger partial charge in [0.1, 0.15) is 5.76 Å². The molecule has 128 valence electrons. The molecule has 6 heteroatoms. The number of benzene rings is 1. The van der Waals surface area contributed by atoms with Crippen LogP contribution in [0.15, 0.2) is 41.0 Å². The maximum absolute atomic E-state index is 12.0. The third-order valence-corrected chi connectivity index (χ3v) is 3.44. The Balaban J connectivity index is 2.12. The summed E-state index contributed by atoms with van der Waals surface area (Å²) >= 11 is 0. The van der Waals surface area contributed by atoms with Crippen LogP contribution in [-0.4, -0.2) is 27.2 Å². The van der Waals surface area contributed by atoms with Crippen molar-refractivity contribution in [2.75, 3.05) is 21.3 Å². The van der Waals surface area contributed by atoms with E-state index in [-0.39, 0.29) is 11.9 Å². The predicted molar refractivity (Wildman–Crippen MR) is 90.4 cm³/mol. The number of hydrogen-bond donors (Lipinski definition) is 1. The van der Waals surface area contributed by atoms with E-state index in [0.29, 0.717) is 23.0 Å². The highest BCUT2D eigenvalue weighted by Gasteiger charge is 2.13. The standard InChI is InChI=1S/C18H21NO5/c1-12(14-6-5-9-24-14)19-17(20)8-7-13-10-15(21-2)18(23-4)16(11-13)22-3/h5-12H,1-4H3,(H,19,20). The summed E-state index contributed by atoms with van der Waals surface area (Å²) in [6, 6.07) is 6.91. The number of ether oxygens (including phenoxy) is 3. The molecule has 1 heterocycles. The molecule has 2 rings (SSSR count). The Hall–Kier alpha value is -2.89. The molecule has 6 nitrogen and oxygen atoms in total. The second-order valence-electron chi connectivity index (χ2n) is 5.04. The van der Waals surface area contributed by atoms with Crippen LogP contribution in [0.4, 0.5) is 0 Å². The molecule has 0 aliphatic heterocycles. The Kier molecular flexibility index (Phi) is 5.89. The van der Waals surface area contributed by atoms with E-state index in [1.165, 1.54) is 6.08 Å². The highest BCUT2D eigenvalue weighted by Crippen LogP contribution is 2.38. The SMILES string of the molecule is COc1cc(C=CC(=O)NC(C)c2ccco2)cc(OC)c1OC. The van der Waals surface area contributed by atoms with Gasteiger partial charge in [-0.2, -0.15) is 0 Å². The van der Waals surface area contributed by atoms with Gasteiger partial charge in [-0.3, -0.25) is 4.79 Å². The summed E-state index contributed by atoms with van der Waals surface area (Å²) in [6.45, 7) is 1.85. The van der Waals surface area contributed by atoms with Crippen molar-refractivity contribution in [3.05, 3.63) is 47.9 Å². The number of methoxy groups -OCH3 is 3. The van der Waals surface area contributed by atoms with Crippen LogP contribution in [0, 0.1) is 0 Å². The summed E-state index contributed by atoms with van der Waals surface area (Å²) < 4.78 is 21.1. The number of amides is 1. The molecule has 0 aliphatic carbocycles. The Morgan fingerprint density at radius 3 is 2.33 bits per heavy atom. The van der Waals surface area contributed by atoms with Gasteiger partial charge in [-0.25, -0.2) is 0 Å². The lowest BCUT2D eigenvalue weighted by Crippen LogP contribution is -2.24. The van der Waals surface area contributed by atoms with Crippen molar-refractivity contribution in [1.82, 2.24) is 5.32 Å². The Bertz CT molecular complexity index is 681. The quantitative estimate of drug-likeness (QED) is 0.789. The molecule has 0 bridgehead atoms. The summed E-state index contributed by atoms with van der Waals surface area (Å²) in [7, 11) is 4.63. The van der Waals surface area contributed by atoms with E-state index >= 15 is 0 Å². The van der Waals surface area contributed by atoms with Gasteiger partial charge in [0.25, 0.3) is 0 Å². The number of carbonyl (C=O) groups is 1. The summed E-state index contributed by atoms with van der Waals surface area (Å²) in [5.41, 5.74) is 0.755.